The zero-order valence-corrected chi connectivity index (χ0v) is 21.4. The van der Waals surface area contributed by atoms with Crippen molar-refractivity contribution in [2.45, 2.75) is 6.92 Å². The molecule has 1 N–H and O–H groups in total. The molecule has 0 saturated carbocycles. The lowest BCUT2D eigenvalue weighted by Gasteiger charge is -2.24. The number of ether oxygens (including phenoxy) is 2. The number of hydrogen-bond acceptors (Lipinski definition) is 7. The third-order valence-electron chi connectivity index (χ3n) is 5.30. The Balaban J connectivity index is 1.51. The summed E-state index contributed by atoms with van der Waals surface area (Å²) in [4.78, 5) is 17.5. The molecule has 4 aromatic rings. The molecule has 1 amide bonds. The smallest absolute Gasteiger partial charge is 0.245 e. The molecule has 8 nitrogen and oxygen atoms in total. The number of nitrogens with one attached hydrogen (secondary N) is 1. The Morgan fingerprint density at radius 2 is 1.77 bits per heavy atom. The summed E-state index contributed by atoms with van der Waals surface area (Å²) in [5.74, 6) is 0.293. The van der Waals surface area contributed by atoms with Crippen LogP contribution in [0.2, 0.25) is 0 Å². The number of rotatable bonds is 8. The van der Waals surface area contributed by atoms with Gasteiger partial charge in [-0.3, -0.25) is 9.10 Å². The number of benzene rings is 3. The highest BCUT2D eigenvalue weighted by molar-refractivity contribution is 7.92. The summed E-state index contributed by atoms with van der Waals surface area (Å²) < 4.78 is 37.6. The Kier molecular flexibility index (Phi) is 6.95. The molecular weight excluding hydrogens is 486 g/mol. The highest BCUT2D eigenvalue weighted by atomic mass is 32.2. The predicted molar refractivity (Wildman–Crippen MR) is 140 cm³/mol. The standard InChI is InChI=1S/C25H25N3O5S2/c1-16-5-11-20-23(13-16)34-25(27-20)17-6-8-18(9-7-17)26-24(29)15-28(35(4,30)31)21-12-10-19(32-2)14-22(21)33-3/h5-14H,15H2,1-4H3,(H,26,29). The molecule has 0 fully saturated rings. The Morgan fingerprint density at radius 1 is 1.03 bits per heavy atom. The van der Waals surface area contributed by atoms with Crippen LogP contribution in [-0.2, 0) is 14.8 Å². The Hall–Kier alpha value is -3.63. The van der Waals surface area contributed by atoms with Crippen LogP contribution in [-0.4, -0.2) is 46.3 Å². The van der Waals surface area contributed by atoms with Crippen molar-refractivity contribution in [3.63, 3.8) is 0 Å². The molecule has 1 aromatic heterocycles. The van der Waals surface area contributed by atoms with Gasteiger partial charge in [-0.1, -0.05) is 6.07 Å². The summed E-state index contributed by atoms with van der Waals surface area (Å²) in [7, 11) is -0.849. The van der Waals surface area contributed by atoms with Gasteiger partial charge >= 0.3 is 0 Å². The van der Waals surface area contributed by atoms with E-state index in [1.165, 1.54) is 19.8 Å². The van der Waals surface area contributed by atoms with Crippen molar-refractivity contribution in [3.05, 3.63) is 66.2 Å². The van der Waals surface area contributed by atoms with Gasteiger partial charge in [-0.2, -0.15) is 0 Å². The van der Waals surface area contributed by atoms with Gasteiger partial charge < -0.3 is 14.8 Å². The number of hydrogen-bond donors (Lipinski definition) is 1. The number of anilines is 2. The van der Waals surface area contributed by atoms with E-state index in [0.717, 1.165) is 31.3 Å². The summed E-state index contributed by atoms with van der Waals surface area (Å²) in [6, 6.07) is 18.1. The normalized spacial score (nSPS) is 11.3. The zero-order chi connectivity index (χ0) is 25.2. The van der Waals surface area contributed by atoms with Gasteiger partial charge in [-0.25, -0.2) is 13.4 Å². The molecule has 3 aromatic carbocycles. The average molecular weight is 512 g/mol. The van der Waals surface area contributed by atoms with Crippen molar-refractivity contribution in [3.8, 4) is 22.1 Å². The maximum atomic E-state index is 12.8. The van der Waals surface area contributed by atoms with Crippen molar-refractivity contribution in [2.75, 3.05) is 36.6 Å². The molecule has 10 heteroatoms. The molecular formula is C25H25N3O5S2. The van der Waals surface area contributed by atoms with Gasteiger partial charge in [0.2, 0.25) is 15.9 Å². The minimum absolute atomic E-state index is 0.243. The number of thiazole rings is 1. The first-order chi connectivity index (χ1) is 16.7. The van der Waals surface area contributed by atoms with Gasteiger partial charge in [0.05, 0.1) is 36.4 Å². The van der Waals surface area contributed by atoms with E-state index >= 15 is 0 Å². The summed E-state index contributed by atoms with van der Waals surface area (Å²) in [5, 5.41) is 3.65. The fourth-order valence-electron chi connectivity index (χ4n) is 3.55. The molecule has 0 spiro atoms. The summed E-state index contributed by atoms with van der Waals surface area (Å²) in [6.07, 6.45) is 1.04. The van der Waals surface area contributed by atoms with Crippen LogP contribution < -0.4 is 19.1 Å². The summed E-state index contributed by atoms with van der Waals surface area (Å²) in [6.45, 7) is 1.63. The van der Waals surface area contributed by atoms with Crippen LogP contribution in [0, 0.1) is 6.92 Å². The van der Waals surface area contributed by atoms with E-state index < -0.39 is 22.5 Å². The molecule has 35 heavy (non-hydrogen) atoms. The number of aryl methyl sites for hydroxylation is 1. The molecule has 0 aliphatic heterocycles. The molecule has 0 aliphatic carbocycles. The molecule has 1 heterocycles. The topological polar surface area (TPSA) is 97.8 Å². The number of amides is 1. The summed E-state index contributed by atoms with van der Waals surface area (Å²) >= 11 is 1.61. The first kappa shape index (κ1) is 24.5. The number of aromatic nitrogens is 1. The Morgan fingerprint density at radius 3 is 2.43 bits per heavy atom. The third kappa shape index (κ3) is 5.55. The SMILES string of the molecule is COc1ccc(N(CC(=O)Nc2ccc(-c3nc4ccc(C)cc4s3)cc2)S(C)(=O)=O)c(OC)c1. The molecule has 4 rings (SSSR count). The van der Waals surface area contributed by atoms with Gasteiger partial charge in [-0.05, 0) is 61.0 Å². The van der Waals surface area contributed by atoms with Gasteiger partial charge in [0.25, 0.3) is 0 Å². The predicted octanol–water partition coefficient (Wildman–Crippen LogP) is 4.69. The quantitative estimate of drug-likeness (QED) is 0.368. The van der Waals surface area contributed by atoms with Gasteiger partial charge in [0.15, 0.2) is 0 Å². The minimum Gasteiger partial charge on any atom is -0.497 e. The largest absolute Gasteiger partial charge is 0.497 e. The first-order valence-corrected chi connectivity index (χ1v) is 13.3. The van der Waals surface area contributed by atoms with Crippen LogP contribution >= 0.6 is 11.3 Å². The van der Waals surface area contributed by atoms with E-state index in [4.69, 9.17) is 9.47 Å². The second kappa shape index (κ2) is 9.93. The monoisotopic (exact) mass is 511 g/mol. The fraction of sp³-hybridized carbons (Fsp3) is 0.200. The van der Waals surface area contributed by atoms with E-state index in [2.05, 4.69) is 16.4 Å². The fourth-order valence-corrected chi connectivity index (χ4v) is 5.48. The molecule has 0 aliphatic rings. The second-order valence-electron chi connectivity index (χ2n) is 7.92. The minimum atomic E-state index is -3.77. The highest BCUT2D eigenvalue weighted by Crippen LogP contribution is 2.34. The van der Waals surface area contributed by atoms with Crippen LogP contribution in [0.1, 0.15) is 5.56 Å². The number of methoxy groups -OCH3 is 2. The third-order valence-corrected chi connectivity index (χ3v) is 7.50. The molecule has 0 unspecified atom stereocenters. The van der Waals surface area contributed by atoms with Crippen LogP contribution in [0.3, 0.4) is 0 Å². The lowest BCUT2D eigenvalue weighted by Crippen LogP contribution is -2.37. The molecule has 0 saturated heterocycles. The molecule has 182 valence electrons. The molecule has 0 bridgehead atoms. The second-order valence-corrected chi connectivity index (χ2v) is 10.9. The van der Waals surface area contributed by atoms with Crippen molar-refractivity contribution in [1.29, 1.82) is 0 Å². The van der Waals surface area contributed by atoms with E-state index in [-0.39, 0.29) is 11.4 Å². The molecule has 0 radical (unpaired) electrons. The number of fused-ring (bicyclic) bond motifs is 1. The lowest BCUT2D eigenvalue weighted by molar-refractivity contribution is -0.114. The van der Waals surface area contributed by atoms with Crippen molar-refractivity contribution in [2.24, 2.45) is 0 Å². The van der Waals surface area contributed by atoms with Crippen LogP contribution in [0.4, 0.5) is 11.4 Å². The first-order valence-electron chi connectivity index (χ1n) is 10.6. The van der Waals surface area contributed by atoms with Gasteiger partial charge in [0, 0.05) is 17.3 Å². The lowest BCUT2D eigenvalue weighted by atomic mass is 10.2. The Bertz CT molecular complexity index is 1480. The van der Waals surface area contributed by atoms with Crippen molar-refractivity contribution >= 4 is 48.9 Å². The van der Waals surface area contributed by atoms with Crippen molar-refractivity contribution in [1.82, 2.24) is 4.98 Å². The van der Waals surface area contributed by atoms with E-state index in [0.29, 0.717) is 11.4 Å². The highest BCUT2D eigenvalue weighted by Gasteiger charge is 2.24. The maximum absolute atomic E-state index is 12.8. The number of carbonyl (C=O) groups excluding carboxylic acids is 1. The number of carbonyl (C=O) groups is 1. The van der Waals surface area contributed by atoms with E-state index in [1.54, 1.807) is 41.7 Å². The number of nitrogens with zero attached hydrogens (tertiary/aromatic N) is 2. The zero-order valence-electron chi connectivity index (χ0n) is 19.7. The Labute approximate surface area is 208 Å². The average Bonchev–Trinajstić information content (AvgIpc) is 3.25. The number of sulfonamides is 1. The van der Waals surface area contributed by atoms with Gasteiger partial charge in [-0.15, -0.1) is 11.3 Å². The van der Waals surface area contributed by atoms with Gasteiger partial charge in [0.1, 0.15) is 23.1 Å². The van der Waals surface area contributed by atoms with Crippen molar-refractivity contribution < 1.29 is 22.7 Å². The van der Waals surface area contributed by atoms with E-state index in [9.17, 15) is 13.2 Å². The summed E-state index contributed by atoms with van der Waals surface area (Å²) in [5.41, 5.74) is 3.85. The van der Waals surface area contributed by atoms with Crippen LogP contribution in [0.15, 0.2) is 60.7 Å². The maximum Gasteiger partial charge on any atom is 0.245 e. The molecule has 0 atom stereocenters. The van der Waals surface area contributed by atoms with E-state index in [1.807, 2.05) is 31.2 Å². The van der Waals surface area contributed by atoms with Crippen LogP contribution in [0.25, 0.3) is 20.8 Å². The van der Waals surface area contributed by atoms with Crippen LogP contribution in [0.5, 0.6) is 11.5 Å².